The highest BCUT2D eigenvalue weighted by molar-refractivity contribution is 6.21. The Morgan fingerprint density at radius 2 is 1.19 bits per heavy atom. The third-order valence-corrected chi connectivity index (χ3v) is 4.82. The Bertz CT molecular complexity index is 1300. The summed E-state index contributed by atoms with van der Waals surface area (Å²) < 4.78 is 0. The Balaban J connectivity index is 2.28. The van der Waals surface area contributed by atoms with Crippen molar-refractivity contribution in [2.24, 2.45) is 0 Å². The van der Waals surface area contributed by atoms with Crippen molar-refractivity contribution in [3.05, 3.63) is 70.8 Å². The molecule has 0 spiro atoms. The fourth-order valence-electron chi connectivity index (χ4n) is 3.60. The molecule has 0 aliphatic carbocycles. The number of hydrogen-bond acceptors (Lipinski definition) is 4. The Hall–Kier alpha value is -3.86. The third-order valence-electron chi connectivity index (χ3n) is 4.82. The molecule has 4 aromatic carbocycles. The number of carbonyl (C=O) groups excluding carboxylic acids is 3. The number of benzene rings is 4. The highest BCUT2D eigenvalue weighted by Crippen LogP contribution is 2.33. The van der Waals surface area contributed by atoms with Crippen LogP contribution in [0.15, 0.2) is 48.5 Å². The molecular weight excluding hydrogens is 344 g/mol. The first kappa shape index (κ1) is 16.6. The van der Waals surface area contributed by atoms with Crippen molar-refractivity contribution in [3.8, 4) is 0 Å². The molecule has 0 aliphatic heterocycles. The van der Waals surface area contributed by atoms with Gasteiger partial charge in [0.05, 0.1) is 5.56 Å². The van der Waals surface area contributed by atoms with Gasteiger partial charge in [-0.1, -0.05) is 24.3 Å². The number of carbonyl (C=O) groups is 4. The van der Waals surface area contributed by atoms with Crippen molar-refractivity contribution in [1.82, 2.24) is 0 Å². The van der Waals surface area contributed by atoms with Crippen LogP contribution in [0.4, 0.5) is 0 Å². The Morgan fingerprint density at radius 3 is 1.67 bits per heavy atom. The van der Waals surface area contributed by atoms with Gasteiger partial charge in [-0.25, -0.2) is 4.79 Å². The second kappa shape index (κ2) is 6.14. The topological polar surface area (TPSA) is 88.5 Å². The smallest absolute Gasteiger partial charge is 0.337 e. The Morgan fingerprint density at radius 1 is 0.667 bits per heavy atom. The van der Waals surface area contributed by atoms with Crippen molar-refractivity contribution in [3.63, 3.8) is 0 Å². The summed E-state index contributed by atoms with van der Waals surface area (Å²) in [5.41, 5.74) is -0.748. The van der Waals surface area contributed by atoms with E-state index in [-0.39, 0.29) is 27.6 Å². The highest BCUT2D eigenvalue weighted by Gasteiger charge is 2.23. The average molecular weight is 356 g/mol. The molecule has 0 saturated carbocycles. The molecule has 5 nitrogen and oxygen atoms in total. The van der Waals surface area contributed by atoms with E-state index in [9.17, 15) is 24.3 Å². The lowest BCUT2D eigenvalue weighted by molar-refractivity contribution is 0.0696. The van der Waals surface area contributed by atoms with Gasteiger partial charge in [0.1, 0.15) is 0 Å². The maximum absolute atomic E-state index is 11.8. The van der Waals surface area contributed by atoms with E-state index in [1.807, 2.05) is 36.4 Å². The van der Waals surface area contributed by atoms with Crippen LogP contribution < -0.4 is 0 Å². The second-order valence-electron chi connectivity index (χ2n) is 6.22. The van der Waals surface area contributed by atoms with Crippen LogP contribution >= 0.6 is 0 Å². The van der Waals surface area contributed by atoms with Crippen molar-refractivity contribution in [2.75, 3.05) is 0 Å². The first-order chi connectivity index (χ1) is 13.1. The predicted octanol–water partition coefficient (Wildman–Crippen LogP) is 4.28. The molecule has 130 valence electrons. The molecule has 0 aliphatic rings. The van der Waals surface area contributed by atoms with Gasteiger partial charge in [0.25, 0.3) is 0 Å². The van der Waals surface area contributed by atoms with Gasteiger partial charge in [0, 0.05) is 16.7 Å². The molecule has 4 aromatic rings. The zero-order valence-corrected chi connectivity index (χ0v) is 13.9. The second-order valence-corrected chi connectivity index (χ2v) is 6.22. The molecule has 0 aromatic heterocycles. The quantitative estimate of drug-likeness (QED) is 0.435. The van der Waals surface area contributed by atoms with Gasteiger partial charge in [-0.3, -0.25) is 14.4 Å². The van der Waals surface area contributed by atoms with E-state index in [0.29, 0.717) is 24.2 Å². The van der Waals surface area contributed by atoms with Crippen LogP contribution in [-0.4, -0.2) is 29.9 Å². The van der Waals surface area contributed by atoms with Crippen molar-refractivity contribution in [2.45, 2.75) is 0 Å². The van der Waals surface area contributed by atoms with Gasteiger partial charge in [0.15, 0.2) is 18.9 Å². The summed E-state index contributed by atoms with van der Waals surface area (Å²) in [6.07, 6.45) is 1.14. The first-order valence-electron chi connectivity index (χ1n) is 8.14. The van der Waals surface area contributed by atoms with Crippen LogP contribution in [0.2, 0.25) is 0 Å². The predicted molar refractivity (Wildman–Crippen MR) is 102 cm³/mol. The minimum absolute atomic E-state index is 0.0159. The molecule has 0 bridgehead atoms. The van der Waals surface area contributed by atoms with E-state index in [4.69, 9.17) is 0 Å². The fraction of sp³-hybridized carbons (Fsp3) is 0. The lowest BCUT2D eigenvalue weighted by atomic mass is 9.88. The first-order valence-corrected chi connectivity index (χ1v) is 8.14. The number of aromatic carboxylic acids is 1. The Labute approximate surface area is 152 Å². The van der Waals surface area contributed by atoms with E-state index in [1.165, 1.54) is 0 Å². The molecule has 1 N–H and O–H groups in total. The molecule has 0 heterocycles. The van der Waals surface area contributed by atoms with Crippen LogP contribution in [0.5, 0.6) is 0 Å². The summed E-state index contributed by atoms with van der Waals surface area (Å²) >= 11 is 0. The molecule has 0 saturated heterocycles. The van der Waals surface area contributed by atoms with Crippen molar-refractivity contribution in [1.29, 1.82) is 0 Å². The summed E-state index contributed by atoms with van der Waals surface area (Å²) in [6, 6.07) is 14.9. The monoisotopic (exact) mass is 356 g/mol. The number of aldehydes is 3. The van der Waals surface area contributed by atoms with Gasteiger partial charge in [-0.2, -0.15) is 0 Å². The van der Waals surface area contributed by atoms with Gasteiger partial charge < -0.3 is 5.11 Å². The maximum atomic E-state index is 11.8. The molecular formula is C22H12O5. The van der Waals surface area contributed by atoms with Crippen LogP contribution in [0.25, 0.3) is 32.3 Å². The zero-order chi connectivity index (χ0) is 19.1. The van der Waals surface area contributed by atoms with Gasteiger partial charge in [-0.15, -0.1) is 0 Å². The maximum Gasteiger partial charge on any atom is 0.337 e. The molecule has 0 atom stereocenters. The molecule has 27 heavy (non-hydrogen) atoms. The standard InChI is InChI=1S/C22H12O5/c23-9-18-16-7-14-5-12-3-1-2-4-13(12)6-15(14)8-17(16)21(22(26)27)20(11-25)19(18)10-24/h1-11H,(H,26,27). The molecule has 4 rings (SSSR count). The van der Waals surface area contributed by atoms with E-state index in [1.54, 1.807) is 12.1 Å². The van der Waals surface area contributed by atoms with Crippen LogP contribution in [0, 0.1) is 0 Å². The zero-order valence-electron chi connectivity index (χ0n) is 13.9. The summed E-state index contributed by atoms with van der Waals surface area (Å²) in [5.74, 6) is -1.33. The number of carboxylic acids is 1. The average Bonchev–Trinajstić information content (AvgIpc) is 2.68. The fourth-order valence-corrected chi connectivity index (χ4v) is 3.60. The largest absolute Gasteiger partial charge is 0.478 e. The molecule has 0 amide bonds. The molecule has 5 heteroatoms. The highest BCUT2D eigenvalue weighted by atomic mass is 16.4. The lowest BCUT2D eigenvalue weighted by Crippen LogP contribution is -2.10. The molecule has 0 unspecified atom stereocenters. The van der Waals surface area contributed by atoms with E-state index >= 15 is 0 Å². The van der Waals surface area contributed by atoms with Crippen LogP contribution in [-0.2, 0) is 0 Å². The molecule has 0 radical (unpaired) electrons. The van der Waals surface area contributed by atoms with E-state index < -0.39 is 5.97 Å². The SMILES string of the molecule is O=Cc1c(C=O)c(C(=O)O)c2cc3cc4ccccc4cc3cc2c1C=O. The summed E-state index contributed by atoms with van der Waals surface area (Å²) in [5, 5.41) is 13.8. The van der Waals surface area contributed by atoms with Gasteiger partial charge in [-0.05, 0) is 56.6 Å². The number of carboxylic acid groups (broad SMARTS) is 1. The summed E-state index contributed by atoms with van der Waals surface area (Å²) in [4.78, 5) is 46.6. The number of hydrogen-bond donors (Lipinski definition) is 1. The van der Waals surface area contributed by atoms with Crippen LogP contribution in [0.1, 0.15) is 41.4 Å². The minimum Gasteiger partial charge on any atom is -0.478 e. The summed E-state index contributed by atoms with van der Waals surface area (Å²) in [6.45, 7) is 0. The van der Waals surface area contributed by atoms with Gasteiger partial charge >= 0.3 is 5.97 Å². The normalized spacial score (nSPS) is 11.0. The van der Waals surface area contributed by atoms with E-state index in [2.05, 4.69) is 0 Å². The van der Waals surface area contributed by atoms with Crippen molar-refractivity contribution >= 4 is 57.1 Å². The minimum atomic E-state index is -1.33. The third kappa shape index (κ3) is 2.40. The Kier molecular flexibility index (Phi) is 3.78. The number of rotatable bonds is 4. The number of fused-ring (bicyclic) bond motifs is 3. The lowest BCUT2D eigenvalue weighted by Gasteiger charge is -2.13. The van der Waals surface area contributed by atoms with Crippen molar-refractivity contribution < 1.29 is 24.3 Å². The van der Waals surface area contributed by atoms with E-state index in [0.717, 1.165) is 21.5 Å². The molecule has 0 fully saturated rings. The van der Waals surface area contributed by atoms with Crippen LogP contribution in [0.3, 0.4) is 0 Å². The summed E-state index contributed by atoms with van der Waals surface area (Å²) in [7, 11) is 0. The van der Waals surface area contributed by atoms with Gasteiger partial charge in [0.2, 0.25) is 0 Å².